The minimum atomic E-state index is 0.119. The maximum Gasteiger partial charge on any atom is 0.224 e. The molecule has 4 aliphatic carbocycles. The van der Waals surface area contributed by atoms with Crippen LogP contribution in [0.1, 0.15) is 50.5 Å². The fourth-order valence-corrected chi connectivity index (χ4v) is 7.59. The van der Waals surface area contributed by atoms with E-state index in [4.69, 9.17) is 11.6 Å². The Balaban J connectivity index is 1.48. The number of carbonyl (C=O) groups is 1. The molecule has 0 aliphatic heterocycles. The molecule has 1 N–H and O–H groups in total. The highest BCUT2D eigenvalue weighted by molar-refractivity contribution is 9.10. The van der Waals surface area contributed by atoms with Crippen LogP contribution in [0.4, 0.5) is 5.69 Å². The first-order valence-corrected chi connectivity index (χ1v) is 9.77. The van der Waals surface area contributed by atoms with Crippen LogP contribution in [0, 0.1) is 24.2 Å². The predicted octanol–water partition coefficient (Wildman–Crippen LogP) is 5.71. The van der Waals surface area contributed by atoms with Gasteiger partial charge in [0.2, 0.25) is 5.91 Å². The standard InChI is InChI=1S/C19H23BrClNO/c1-12-2-3-16(15(21)4-12)22-17(23)10-18-6-13-5-14(7-18)9-19(20,8-13)11-18/h2-4,13-14H,5-11H2,1H3,(H,22,23)/t13-,14+,18?,19?. The van der Waals surface area contributed by atoms with Gasteiger partial charge >= 0.3 is 0 Å². The Bertz CT molecular complexity index is 645. The Labute approximate surface area is 151 Å². The van der Waals surface area contributed by atoms with Gasteiger partial charge < -0.3 is 5.32 Å². The van der Waals surface area contributed by atoms with E-state index in [-0.39, 0.29) is 11.3 Å². The van der Waals surface area contributed by atoms with Gasteiger partial charge in [0.05, 0.1) is 10.7 Å². The van der Waals surface area contributed by atoms with Gasteiger partial charge in [0.25, 0.3) is 0 Å². The summed E-state index contributed by atoms with van der Waals surface area (Å²) in [5.41, 5.74) is 2.05. The highest BCUT2D eigenvalue weighted by Gasteiger charge is 2.57. The monoisotopic (exact) mass is 395 g/mol. The van der Waals surface area contributed by atoms with Gasteiger partial charge in [-0.05, 0) is 80.4 Å². The van der Waals surface area contributed by atoms with Crippen molar-refractivity contribution in [1.82, 2.24) is 0 Å². The molecule has 0 aromatic heterocycles. The van der Waals surface area contributed by atoms with Crippen LogP contribution in [0.15, 0.2) is 18.2 Å². The molecule has 1 amide bonds. The van der Waals surface area contributed by atoms with E-state index in [1.54, 1.807) is 0 Å². The average Bonchev–Trinajstić information content (AvgIpc) is 2.38. The molecular weight excluding hydrogens is 374 g/mol. The molecule has 4 saturated carbocycles. The van der Waals surface area contributed by atoms with Gasteiger partial charge in [-0.3, -0.25) is 4.79 Å². The second-order valence-corrected chi connectivity index (χ2v) is 10.4. The lowest BCUT2D eigenvalue weighted by Gasteiger charge is -2.60. The lowest BCUT2D eigenvalue weighted by molar-refractivity contribution is -0.123. The van der Waals surface area contributed by atoms with Crippen molar-refractivity contribution in [3.05, 3.63) is 28.8 Å². The molecule has 4 fully saturated rings. The van der Waals surface area contributed by atoms with Crippen LogP contribution in [-0.4, -0.2) is 10.2 Å². The Morgan fingerprint density at radius 3 is 2.61 bits per heavy atom. The Hall–Kier alpha value is -0.540. The van der Waals surface area contributed by atoms with Crippen molar-refractivity contribution < 1.29 is 4.79 Å². The first-order chi connectivity index (χ1) is 10.8. The van der Waals surface area contributed by atoms with E-state index in [0.717, 1.165) is 29.5 Å². The SMILES string of the molecule is Cc1ccc(NC(=O)CC23C[C@@H]4C[C@@H](CC(Br)(C4)C2)C3)c(Cl)c1. The van der Waals surface area contributed by atoms with E-state index in [1.165, 1.54) is 32.1 Å². The molecule has 0 heterocycles. The van der Waals surface area contributed by atoms with Gasteiger partial charge in [-0.25, -0.2) is 0 Å². The molecule has 5 rings (SSSR count). The first kappa shape index (κ1) is 16.0. The third-order valence-corrected chi connectivity index (χ3v) is 7.29. The van der Waals surface area contributed by atoms with E-state index < -0.39 is 0 Å². The van der Waals surface area contributed by atoms with Crippen molar-refractivity contribution in [2.24, 2.45) is 17.3 Å². The number of alkyl halides is 1. The third kappa shape index (κ3) is 3.07. The summed E-state index contributed by atoms with van der Waals surface area (Å²) in [5, 5.41) is 3.66. The highest BCUT2D eigenvalue weighted by atomic mass is 79.9. The zero-order valence-corrected chi connectivity index (χ0v) is 15.8. The number of anilines is 1. The molecule has 4 heteroatoms. The van der Waals surface area contributed by atoms with Crippen molar-refractivity contribution in [1.29, 1.82) is 0 Å². The molecule has 4 aliphatic rings. The van der Waals surface area contributed by atoms with Crippen LogP contribution in [0.3, 0.4) is 0 Å². The van der Waals surface area contributed by atoms with Gasteiger partial charge in [0.15, 0.2) is 0 Å². The van der Waals surface area contributed by atoms with Crippen molar-refractivity contribution in [3.63, 3.8) is 0 Å². The Morgan fingerprint density at radius 1 is 1.30 bits per heavy atom. The molecule has 0 radical (unpaired) electrons. The van der Waals surface area contributed by atoms with Crippen LogP contribution in [0.2, 0.25) is 5.02 Å². The summed E-state index contributed by atoms with van der Waals surface area (Å²) >= 11 is 10.3. The minimum absolute atomic E-state index is 0.119. The van der Waals surface area contributed by atoms with Gasteiger partial charge in [-0.2, -0.15) is 0 Å². The smallest absolute Gasteiger partial charge is 0.224 e. The first-order valence-electron chi connectivity index (χ1n) is 8.60. The normalized spacial score (nSPS) is 37.9. The molecule has 2 nitrogen and oxygen atoms in total. The number of benzene rings is 1. The van der Waals surface area contributed by atoms with E-state index in [1.807, 2.05) is 25.1 Å². The lowest BCUT2D eigenvalue weighted by Crippen LogP contribution is -2.53. The zero-order valence-electron chi connectivity index (χ0n) is 13.5. The van der Waals surface area contributed by atoms with Crippen molar-refractivity contribution in [3.8, 4) is 0 Å². The average molecular weight is 397 g/mol. The molecule has 23 heavy (non-hydrogen) atoms. The summed E-state index contributed by atoms with van der Waals surface area (Å²) in [6, 6.07) is 5.79. The summed E-state index contributed by atoms with van der Waals surface area (Å²) in [6.45, 7) is 2.00. The van der Waals surface area contributed by atoms with Crippen LogP contribution < -0.4 is 5.32 Å². The van der Waals surface area contributed by atoms with Crippen molar-refractivity contribution in [2.45, 2.75) is 56.2 Å². The van der Waals surface area contributed by atoms with Gasteiger partial charge in [-0.15, -0.1) is 0 Å². The lowest BCUT2D eigenvalue weighted by atomic mass is 9.48. The number of halogens is 2. The number of amides is 1. The summed E-state index contributed by atoms with van der Waals surface area (Å²) in [6.07, 6.45) is 8.23. The predicted molar refractivity (Wildman–Crippen MR) is 98.2 cm³/mol. The van der Waals surface area contributed by atoms with Crippen molar-refractivity contribution >= 4 is 39.1 Å². The molecule has 1 aromatic carbocycles. The van der Waals surface area contributed by atoms with Crippen molar-refractivity contribution in [2.75, 3.05) is 5.32 Å². The quantitative estimate of drug-likeness (QED) is 0.651. The fourth-order valence-electron chi connectivity index (χ4n) is 5.80. The topological polar surface area (TPSA) is 29.1 Å². The maximum absolute atomic E-state index is 12.7. The second-order valence-electron chi connectivity index (χ2n) is 8.32. The summed E-state index contributed by atoms with van der Waals surface area (Å²) in [5.74, 6) is 1.74. The molecule has 4 bridgehead atoms. The van der Waals surface area contributed by atoms with Crippen LogP contribution >= 0.6 is 27.5 Å². The van der Waals surface area contributed by atoms with Gasteiger partial charge in [0.1, 0.15) is 0 Å². The van der Waals surface area contributed by atoms with E-state index in [0.29, 0.717) is 15.8 Å². The molecule has 2 unspecified atom stereocenters. The van der Waals surface area contributed by atoms with Crippen LogP contribution in [0.5, 0.6) is 0 Å². The van der Waals surface area contributed by atoms with Gasteiger partial charge in [-0.1, -0.05) is 33.6 Å². The fraction of sp³-hybridized carbons (Fsp3) is 0.632. The number of hydrogen-bond donors (Lipinski definition) is 1. The number of aryl methyl sites for hydroxylation is 1. The molecular formula is C19H23BrClNO. The molecule has 1 aromatic rings. The minimum Gasteiger partial charge on any atom is -0.325 e. The van der Waals surface area contributed by atoms with E-state index in [2.05, 4.69) is 21.2 Å². The maximum atomic E-state index is 12.7. The van der Waals surface area contributed by atoms with Gasteiger partial charge in [0, 0.05) is 10.7 Å². The Kier molecular flexibility index (Phi) is 3.81. The summed E-state index contributed by atoms with van der Waals surface area (Å²) in [7, 11) is 0. The molecule has 124 valence electrons. The van der Waals surface area contributed by atoms with E-state index in [9.17, 15) is 4.79 Å². The van der Waals surface area contributed by atoms with E-state index >= 15 is 0 Å². The van der Waals surface area contributed by atoms with Crippen LogP contribution in [-0.2, 0) is 4.79 Å². The largest absolute Gasteiger partial charge is 0.325 e. The summed E-state index contributed by atoms with van der Waals surface area (Å²) < 4.78 is 0.304. The molecule has 0 spiro atoms. The molecule has 4 atom stereocenters. The zero-order chi connectivity index (χ0) is 16.2. The Morgan fingerprint density at radius 2 is 2.00 bits per heavy atom. The third-order valence-electron chi connectivity index (χ3n) is 6.05. The second kappa shape index (κ2) is 5.49. The number of nitrogens with one attached hydrogen (secondary N) is 1. The summed E-state index contributed by atoms with van der Waals surface area (Å²) in [4.78, 5) is 12.7. The number of hydrogen-bond acceptors (Lipinski definition) is 1. The number of rotatable bonds is 3. The van der Waals surface area contributed by atoms with Crippen LogP contribution in [0.25, 0.3) is 0 Å². The number of carbonyl (C=O) groups excluding carboxylic acids is 1. The highest BCUT2D eigenvalue weighted by Crippen LogP contribution is 2.65. The molecule has 0 saturated heterocycles.